The molecule has 0 bridgehead atoms. The quantitative estimate of drug-likeness (QED) is 0.557. The van der Waals surface area contributed by atoms with Gasteiger partial charge in [-0.2, -0.15) is 5.26 Å². The highest BCUT2D eigenvalue weighted by Crippen LogP contribution is 2.07. The standard InChI is InChI=1S/C12H11NO2/c1-3-9(2)15-12(14)11-6-4-5-10(7-11)8-13/h3-7,9H,1H2,2H3. The SMILES string of the molecule is C=CC(C)OC(=O)c1cccc(C#N)c1. The lowest BCUT2D eigenvalue weighted by Gasteiger charge is -2.08. The Morgan fingerprint density at radius 3 is 3.00 bits per heavy atom. The molecule has 0 saturated heterocycles. The van der Waals surface area contributed by atoms with E-state index in [1.807, 2.05) is 6.07 Å². The summed E-state index contributed by atoms with van der Waals surface area (Å²) in [5.74, 6) is -0.445. The van der Waals surface area contributed by atoms with Gasteiger partial charge < -0.3 is 4.74 Å². The summed E-state index contributed by atoms with van der Waals surface area (Å²) in [4.78, 5) is 11.5. The molecule has 3 nitrogen and oxygen atoms in total. The first-order valence-electron chi connectivity index (χ1n) is 4.51. The van der Waals surface area contributed by atoms with E-state index in [2.05, 4.69) is 6.58 Å². The van der Waals surface area contributed by atoms with Crippen LogP contribution in [0.15, 0.2) is 36.9 Å². The van der Waals surface area contributed by atoms with Crippen molar-refractivity contribution in [2.75, 3.05) is 0 Å². The fourth-order valence-corrected chi connectivity index (χ4v) is 1.00. The predicted molar refractivity (Wildman–Crippen MR) is 56.2 cm³/mol. The van der Waals surface area contributed by atoms with E-state index >= 15 is 0 Å². The fraction of sp³-hybridized carbons (Fsp3) is 0.167. The van der Waals surface area contributed by atoms with Crippen molar-refractivity contribution in [2.45, 2.75) is 13.0 Å². The van der Waals surface area contributed by atoms with Gasteiger partial charge in [-0.05, 0) is 25.1 Å². The third-order valence-electron chi connectivity index (χ3n) is 1.85. The molecule has 0 spiro atoms. The third kappa shape index (κ3) is 2.96. The molecule has 3 heteroatoms. The summed E-state index contributed by atoms with van der Waals surface area (Å²) in [5.41, 5.74) is 0.818. The van der Waals surface area contributed by atoms with Crippen molar-refractivity contribution in [1.29, 1.82) is 5.26 Å². The first-order valence-corrected chi connectivity index (χ1v) is 4.51. The van der Waals surface area contributed by atoms with Crippen molar-refractivity contribution < 1.29 is 9.53 Å². The lowest BCUT2D eigenvalue weighted by molar-refractivity contribution is 0.0425. The zero-order chi connectivity index (χ0) is 11.3. The fourth-order valence-electron chi connectivity index (χ4n) is 1.00. The predicted octanol–water partition coefficient (Wildman–Crippen LogP) is 2.29. The molecule has 76 valence electrons. The van der Waals surface area contributed by atoms with Crippen molar-refractivity contribution in [2.24, 2.45) is 0 Å². The lowest BCUT2D eigenvalue weighted by atomic mass is 10.1. The minimum atomic E-state index is -0.445. The van der Waals surface area contributed by atoms with Crippen molar-refractivity contribution >= 4 is 5.97 Å². The van der Waals surface area contributed by atoms with Gasteiger partial charge >= 0.3 is 5.97 Å². The monoisotopic (exact) mass is 201 g/mol. The van der Waals surface area contributed by atoms with E-state index in [4.69, 9.17) is 10.00 Å². The first kappa shape index (κ1) is 11.0. The average Bonchev–Trinajstić information content (AvgIpc) is 2.28. The molecule has 1 unspecified atom stereocenters. The van der Waals surface area contributed by atoms with Gasteiger partial charge in [0.1, 0.15) is 6.10 Å². The Morgan fingerprint density at radius 1 is 1.67 bits per heavy atom. The Hall–Kier alpha value is -2.08. The molecule has 0 aliphatic heterocycles. The van der Waals surface area contributed by atoms with Crippen LogP contribution in [0, 0.1) is 11.3 Å². The van der Waals surface area contributed by atoms with Crippen LogP contribution in [0.25, 0.3) is 0 Å². The molecule has 0 saturated carbocycles. The Morgan fingerprint density at radius 2 is 2.40 bits per heavy atom. The number of carbonyl (C=O) groups excluding carboxylic acids is 1. The average molecular weight is 201 g/mol. The Labute approximate surface area is 88.6 Å². The number of hydrogen-bond donors (Lipinski definition) is 0. The van der Waals surface area contributed by atoms with Crippen molar-refractivity contribution in [3.05, 3.63) is 48.0 Å². The van der Waals surface area contributed by atoms with E-state index in [-0.39, 0.29) is 6.10 Å². The van der Waals surface area contributed by atoms with Crippen molar-refractivity contribution in [3.8, 4) is 6.07 Å². The largest absolute Gasteiger partial charge is 0.455 e. The molecular formula is C12H11NO2. The van der Waals surface area contributed by atoms with E-state index in [9.17, 15) is 4.79 Å². The second kappa shape index (κ2) is 4.97. The Bertz CT molecular complexity index is 418. The minimum Gasteiger partial charge on any atom is -0.455 e. The van der Waals surface area contributed by atoms with Gasteiger partial charge in [-0.3, -0.25) is 0 Å². The van der Waals surface area contributed by atoms with Crippen LogP contribution >= 0.6 is 0 Å². The van der Waals surface area contributed by atoms with E-state index in [1.165, 1.54) is 12.1 Å². The number of esters is 1. The van der Waals surface area contributed by atoms with Crippen LogP contribution in [0.1, 0.15) is 22.8 Å². The molecule has 0 aliphatic carbocycles. The highest BCUT2D eigenvalue weighted by Gasteiger charge is 2.09. The van der Waals surface area contributed by atoms with E-state index in [1.54, 1.807) is 25.1 Å². The zero-order valence-electron chi connectivity index (χ0n) is 8.43. The zero-order valence-corrected chi connectivity index (χ0v) is 8.43. The number of nitriles is 1. The molecular weight excluding hydrogens is 190 g/mol. The summed E-state index contributed by atoms with van der Waals surface area (Å²) in [5, 5.41) is 8.65. The number of hydrogen-bond acceptors (Lipinski definition) is 3. The number of carbonyl (C=O) groups is 1. The van der Waals surface area contributed by atoms with Crippen LogP contribution in [0.4, 0.5) is 0 Å². The van der Waals surface area contributed by atoms with Gasteiger partial charge in [0, 0.05) is 0 Å². The molecule has 15 heavy (non-hydrogen) atoms. The van der Waals surface area contributed by atoms with Gasteiger partial charge in [0.15, 0.2) is 0 Å². The minimum absolute atomic E-state index is 0.330. The molecule has 0 heterocycles. The molecule has 0 N–H and O–H groups in total. The summed E-state index contributed by atoms with van der Waals surface area (Å²) < 4.78 is 5.02. The molecule has 1 aromatic rings. The van der Waals surface area contributed by atoms with Crippen LogP contribution in [0.5, 0.6) is 0 Å². The van der Waals surface area contributed by atoms with Gasteiger partial charge in [-0.15, -0.1) is 0 Å². The van der Waals surface area contributed by atoms with Gasteiger partial charge in [-0.1, -0.05) is 18.7 Å². The lowest BCUT2D eigenvalue weighted by Crippen LogP contribution is -2.12. The summed E-state index contributed by atoms with van der Waals surface area (Å²) in [6, 6.07) is 8.35. The highest BCUT2D eigenvalue weighted by atomic mass is 16.5. The normalized spacial score (nSPS) is 11.2. The molecule has 1 aromatic carbocycles. The van der Waals surface area contributed by atoms with E-state index < -0.39 is 5.97 Å². The second-order valence-electron chi connectivity index (χ2n) is 3.04. The molecule has 0 amide bonds. The third-order valence-corrected chi connectivity index (χ3v) is 1.85. The van der Waals surface area contributed by atoms with Crippen LogP contribution in [-0.2, 0) is 4.74 Å². The second-order valence-corrected chi connectivity index (χ2v) is 3.04. The van der Waals surface area contributed by atoms with Crippen LogP contribution < -0.4 is 0 Å². The molecule has 0 radical (unpaired) electrons. The maximum atomic E-state index is 11.5. The molecule has 0 aromatic heterocycles. The molecule has 0 fully saturated rings. The number of nitrogens with zero attached hydrogens (tertiary/aromatic N) is 1. The summed E-state index contributed by atoms with van der Waals surface area (Å²) in [6.45, 7) is 5.23. The van der Waals surface area contributed by atoms with Crippen molar-refractivity contribution in [3.63, 3.8) is 0 Å². The molecule has 0 aliphatic rings. The summed E-state index contributed by atoms with van der Waals surface area (Å²) in [6.07, 6.45) is 1.20. The van der Waals surface area contributed by atoms with E-state index in [0.29, 0.717) is 11.1 Å². The molecule has 1 atom stereocenters. The summed E-state index contributed by atoms with van der Waals surface area (Å²) >= 11 is 0. The van der Waals surface area contributed by atoms with Gasteiger partial charge in [0.25, 0.3) is 0 Å². The molecule has 1 rings (SSSR count). The van der Waals surface area contributed by atoms with Crippen LogP contribution in [-0.4, -0.2) is 12.1 Å². The smallest absolute Gasteiger partial charge is 0.338 e. The van der Waals surface area contributed by atoms with Crippen molar-refractivity contribution in [1.82, 2.24) is 0 Å². The Kier molecular flexibility index (Phi) is 3.64. The summed E-state index contributed by atoms with van der Waals surface area (Å²) in [7, 11) is 0. The number of benzene rings is 1. The highest BCUT2D eigenvalue weighted by molar-refractivity contribution is 5.89. The van der Waals surface area contributed by atoms with Crippen LogP contribution in [0.2, 0.25) is 0 Å². The number of rotatable bonds is 3. The maximum Gasteiger partial charge on any atom is 0.338 e. The topological polar surface area (TPSA) is 50.1 Å². The van der Waals surface area contributed by atoms with Crippen LogP contribution in [0.3, 0.4) is 0 Å². The maximum absolute atomic E-state index is 11.5. The Balaban J connectivity index is 2.83. The first-order chi connectivity index (χ1) is 7.17. The number of ether oxygens (including phenoxy) is 1. The van der Waals surface area contributed by atoms with Gasteiger partial charge in [-0.25, -0.2) is 4.79 Å². The van der Waals surface area contributed by atoms with Gasteiger partial charge in [0.05, 0.1) is 17.2 Å². The van der Waals surface area contributed by atoms with E-state index in [0.717, 1.165) is 0 Å². The van der Waals surface area contributed by atoms with Gasteiger partial charge in [0.2, 0.25) is 0 Å².